The highest BCUT2D eigenvalue weighted by atomic mass is 16.8. The van der Waals surface area contributed by atoms with Gasteiger partial charge >= 0.3 is 0 Å². The van der Waals surface area contributed by atoms with Crippen LogP contribution in [0, 0.1) is 12.3 Å². The number of ether oxygens (including phenoxy) is 3. The lowest BCUT2D eigenvalue weighted by molar-refractivity contribution is -0.374. The van der Waals surface area contributed by atoms with Gasteiger partial charge in [0.15, 0.2) is 12.6 Å². The third kappa shape index (κ3) is 6.56. The third-order valence-electron chi connectivity index (χ3n) is 5.26. The van der Waals surface area contributed by atoms with E-state index in [1.54, 1.807) is 0 Å². The second-order valence-corrected chi connectivity index (χ2v) is 7.56. The molecule has 0 spiro atoms. The molecule has 0 aromatic carbocycles. The molecule has 10 unspecified atom stereocenters. The first-order chi connectivity index (χ1) is 14.7. The van der Waals surface area contributed by atoms with Crippen LogP contribution < -0.4 is 5.32 Å². The van der Waals surface area contributed by atoms with Gasteiger partial charge in [-0.15, -0.1) is 12.3 Å². The number of aliphatic hydroxyl groups excluding tert-OH is 7. The Morgan fingerprint density at radius 1 is 0.871 bits per heavy atom. The average molecular weight is 449 g/mol. The molecule has 0 aliphatic carbocycles. The van der Waals surface area contributed by atoms with Crippen LogP contribution >= 0.6 is 0 Å². The summed E-state index contributed by atoms with van der Waals surface area (Å²) in [7, 11) is 0. The predicted octanol–water partition coefficient (Wildman–Crippen LogP) is -4.08. The summed E-state index contributed by atoms with van der Waals surface area (Å²) >= 11 is 0. The molecule has 8 N–H and O–H groups in total. The molecule has 12 heteroatoms. The fourth-order valence-electron chi connectivity index (χ4n) is 3.33. The van der Waals surface area contributed by atoms with Gasteiger partial charge in [0.1, 0.15) is 48.8 Å². The van der Waals surface area contributed by atoms with Crippen LogP contribution in [0.4, 0.5) is 0 Å². The van der Waals surface area contributed by atoms with Gasteiger partial charge in [-0.2, -0.15) is 0 Å². The molecular formula is C19H31NO11. The topological polar surface area (TPSA) is 198 Å². The van der Waals surface area contributed by atoms with Crippen LogP contribution in [0.25, 0.3) is 0 Å². The minimum Gasteiger partial charge on any atom is -0.394 e. The summed E-state index contributed by atoms with van der Waals surface area (Å²) in [6, 6.07) is 0. The maximum absolute atomic E-state index is 11.9. The Hall–Kier alpha value is -1.37. The maximum Gasteiger partial charge on any atom is 0.220 e. The SMILES string of the molecule is C#CCCCCC(=O)NCC1OC(OC2OC(CO)C(O)C(O)C2O)C(O)C(O)C1O. The smallest absolute Gasteiger partial charge is 0.220 e. The summed E-state index contributed by atoms with van der Waals surface area (Å²) in [4.78, 5) is 11.9. The number of hydrogen-bond acceptors (Lipinski definition) is 11. The van der Waals surface area contributed by atoms with E-state index in [2.05, 4.69) is 11.2 Å². The maximum atomic E-state index is 11.9. The van der Waals surface area contributed by atoms with Crippen molar-refractivity contribution in [2.24, 2.45) is 0 Å². The van der Waals surface area contributed by atoms with Crippen LogP contribution in [-0.2, 0) is 19.0 Å². The minimum absolute atomic E-state index is 0.201. The van der Waals surface area contributed by atoms with E-state index in [9.17, 15) is 40.5 Å². The molecule has 0 aromatic rings. The van der Waals surface area contributed by atoms with Crippen LogP contribution in [0.2, 0.25) is 0 Å². The van der Waals surface area contributed by atoms with Gasteiger partial charge in [-0.05, 0) is 12.8 Å². The molecular weight excluding hydrogens is 418 g/mol. The standard InChI is InChI=1S/C19H31NO11/c1-2-3-4-5-6-11(22)20-7-9-12(23)14(25)16(27)18(29-9)31-19-17(28)15(26)13(24)10(8-21)30-19/h1,9-10,12-19,21,23-28H,3-8H2,(H,20,22). The van der Waals surface area contributed by atoms with E-state index in [0.29, 0.717) is 19.3 Å². The van der Waals surface area contributed by atoms with E-state index in [-0.39, 0.29) is 18.9 Å². The third-order valence-corrected chi connectivity index (χ3v) is 5.26. The van der Waals surface area contributed by atoms with E-state index in [4.69, 9.17) is 20.6 Å². The van der Waals surface area contributed by atoms with Crippen molar-refractivity contribution in [3.8, 4) is 12.3 Å². The molecule has 2 saturated heterocycles. The highest BCUT2D eigenvalue weighted by Crippen LogP contribution is 2.28. The van der Waals surface area contributed by atoms with Crippen molar-refractivity contribution in [2.75, 3.05) is 13.2 Å². The highest BCUT2D eigenvalue weighted by molar-refractivity contribution is 5.75. The summed E-state index contributed by atoms with van der Waals surface area (Å²) in [5.74, 6) is 2.15. The highest BCUT2D eigenvalue weighted by Gasteiger charge is 2.49. The molecule has 0 bridgehead atoms. The van der Waals surface area contributed by atoms with Crippen molar-refractivity contribution in [3.63, 3.8) is 0 Å². The largest absolute Gasteiger partial charge is 0.394 e. The molecule has 2 aliphatic heterocycles. The number of hydrogen-bond donors (Lipinski definition) is 8. The number of carbonyl (C=O) groups excluding carboxylic acids is 1. The predicted molar refractivity (Wildman–Crippen MR) is 102 cm³/mol. The molecule has 0 aromatic heterocycles. The van der Waals surface area contributed by atoms with Crippen LogP contribution in [0.15, 0.2) is 0 Å². The first-order valence-corrected chi connectivity index (χ1v) is 10.1. The van der Waals surface area contributed by atoms with Gasteiger partial charge in [0.25, 0.3) is 0 Å². The van der Waals surface area contributed by atoms with Crippen LogP contribution in [0.1, 0.15) is 25.7 Å². The van der Waals surface area contributed by atoms with E-state index in [0.717, 1.165) is 0 Å². The first kappa shape index (κ1) is 25.9. The van der Waals surface area contributed by atoms with Crippen molar-refractivity contribution < 1.29 is 54.8 Å². The molecule has 12 nitrogen and oxygen atoms in total. The van der Waals surface area contributed by atoms with Crippen LogP contribution in [0.3, 0.4) is 0 Å². The van der Waals surface area contributed by atoms with Gasteiger partial charge in [-0.3, -0.25) is 4.79 Å². The fourth-order valence-corrected chi connectivity index (χ4v) is 3.33. The summed E-state index contributed by atoms with van der Waals surface area (Å²) in [6.45, 7) is -0.885. The Bertz CT molecular complexity index is 612. The normalized spacial score (nSPS) is 40.8. The summed E-state index contributed by atoms with van der Waals surface area (Å²) < 4.78 is 16.0. The lowest BCUT2D eigenvalue weighted by Gasteiger charge is -2.44. The van der Waals surface area contributed by atoms with Crippen molar-refractivity contribution in [3.05, 3.63) is 0 Å². The summed E-state index contributed by atoms with van der Waals surface area (Å²) in [6.07, 6.45) is -8.55. The van der Waals surface area contributed by atoms with Crippen molar-refractivity contribution >= 4 is 5.91 Å². The summed E-state index contributed by atoms with van der Waals surface area (Å²) in [5.41, 5.74) is 0. The van der Waals surface area contributed by atoms with Crippen LogP contribution in [0.5, 0.6) is 0 Å². The Morgan fingerprint density at radius 2 is 1.42 bits per heavy atom. The monoisotopic (exact) mass is 449 g/mol. The number of unbranched alkanes of at least 4 members (excludes halogenated alkanes) is 2. The molecule has 10 atom stereocenters. The second kappa shape index (κ2) is 12.0. The zero-order chi connectivity index (χ0) is 23.1. The van der Waals surface area contributed by atoms with Crippen molar-refractivity contribution in [1.29, 1.82) is 0 Å². The molecule has 178 valence electrons. The average Bonchev–Trinajstić information content (AvgIpc) is 2.76. The molecule has 0 saturated carbocycles. The van der Waals surface area contributed by atoms with Crippen molar-refractivity contribution in [2.45, 2.75) is 87.1 Å². The number of rotatable bonds is 9. The number of carbonyl (C=O) groups is 1. The van der Waals surface area contributed by atoms with Crippen LogP contribution in [-0.4, -0.2) is 116 Å². The van der Waals surface area contributed by atoms with E-state index >= 15 is 0 Å². The molecule has 31 heavy (non-hydrogen) atoms. The van der Waals surface area contributed by atoms with Crippen molar-refractivity contribution in [1.82, 2.24) is 5.32 Å². The van der Waals surface area contributed by atoms with Gasteiger partial charge in [0, 0.05) is 19.4 Å². The Kier molecular flexibility index (Phi) is 10.0. The quantitative estimate of drug-likeness (QED) is 0.126. The molecule has 2 fully saturated rings. The van der Waals surface area contributed by atoms with Gasteiger partial charge in [0.05, 0.1) is 6.61 Å². The van der Waals surface area contributed by atoms with Gasteiger partial charge < -0.3 is 55.3 Å². The summed E-state index contributed by atoms with van der Waals surface area (Å²) in [5, 5.41) is 71.9. The molecule has 0 radical (unpaired) electrons. The Labute approximate surface area is 179 Å². The second-order valence-electron chi connectivity index (χ2n) is 7.56. The number of nitrogens with one attached hydrogen (secondary N) is 1. The van der Waals surface area contributed by atoms with E-state index in [1.165, 1.54) is 0 Å². The molecule has 2 heterocycles. The fraction of sp³-hybridized carbons (Fsp3) is 0.842. The Morgan fingerprint density at radius 3 is 1.97 bits per heavy atom. The zero-order valence-corrected chi connectivity index (χ0v) is 16.9. The Balaban J connectivity index is 1.94. The minimum atomic E-state index is -1.75. The number of amides is 1. The molecule has 1 amide bonds. The van der Waals surface area contributed by atoms with Gasteiger partial charge in [-0.1, -0.05) is 0 Å². The number of aliphatic hydroxyl groups is 7. The van der Waals surface area contributed by atoms with Gasteiger partial charge in [0.2, 0.25) is 5.91 Å². The van der Waals surface area contributed by atoms with E-state index < -0.39 is 68.0 Å². The number of terminal acetylenes is 1. The van der Waals surface area contributed by atoms with E-state index in [1.807, 2.05) is 0 Å². The zero-order valence-electron chi connectivity index (χ0n) is 16.9. The van der Waals surface area contributed by atoms with Gasteiger partial charge in [-0.25, -0.2) is 0 Å². The molecule has 2 rings (SSSR count). The lowest BCUT2D eigenvalue weighted by atomic mass is 9.98. The first-order valence-electron chi connectivity index (χ1n) is 10.1. The molecule has 2 aliphatic rings. The lowest BCUT2D eigenvalue weighted by Crippen LogP contribution is -2.64.